The van der Waals surface area contributed by atoms with E-state index in [4.69, 9.17) is 5.26 Å². The van der Waals surface area contributed by atoms with Crippen LogP contribution in [-0.4, -0.2) is 9.78 Å². The molecule has 0 aliphatic heterocycles. The molecule has 84 valence electrons. The molecule has 1 aliphatic rings. The van der Waals surface area contributed by atoms with Crippen molar-refractivity contribution in [3.05, 3.63) is 45.7 Å². The van der Waals surface area contributed by atoms with Gasteiger partial charge < -0.3 is 0 Å². The second-order valence-corrected chi connectivity index (χ2v) is 5.04. The van der Waals surface area contributed by atoms with Crippen molar-refractivity contribution < 1.29 is 0 Å². The van der Waals surface area contributed by atoms with Crippen LogP contribution >= 0.6 is 15.9 Å². The summed E-state index contributed by atoms with van der Waals surface area (Å²) < 4.78 is 2.96. The molecule has 0 saturated heterocycles. The molecule has 1 heterocycles. The molecule has 0 spiro atoms. The first-order chi connectivity index (χ1) is 8.29. The average Bonchev–Trinajstić information content (AvgIpc) is 2.91. The number of hydrogen-bond acceptors (Lipinski definition) is 2. The monoisotopic (exact) mass is 287 g/mol. The molecule has 1 aromatic heterocycles. The Kier molecular flexibility index (Phi) is 2.49. The maximum atomic E-state index is 9.07. The van der Waals surface area contributed by atoms with E-state index in [0.29, 0.717) is 5.69 Å². The molecule has 0 saturated carbocycles. The number of halogens is 1. The largest absolute Gasteiger partial charge is 0.236 e. The average molecular weight is 288 g/mol. The maximum Gasteiger partial charge on any atom is 0.166 e. The van der Waals surface area contributed by atoms with Crippen molar-refractivity contribution in [3.63, 3.8) is 0 Å². The standard InChI is InChI=1S/C13H10BrN3/c14-9-4-6-10(7-5-9)17-13-3-1-2-11(13)12(8-15)16-17/h4-7H,1-3H2. The Balaban J connectivity index is 2.16. The van der Waals surface area contributed by atoms with Crippen molar-refractivity contribution in [2.24, 2.45) is 0 Å². The molecule has 0 atom stereocenters. The van der Waals surface area contributed by atoms with Crippen LogP contribution in [0.3, 0.4) is 0 Å². The summed E-state index contributed by atoms with van der Waals surface area (Å²) in [7, 11) is 0. The zero-order valence-electron chi connectivity index (χ0n) is 9.15. The van der Waals surface area contributed by atoms with Gasteiger partial charge in [-0.1, -0.05) is 15.9 Å². The van der Waals surface area contributed by atoms with Crippen molar-refractivity contribution in [1.82, 2.24) is 9.78 Å². The minimum Gasteiger partial charge on any atom is -0.236 e. The van der Waals surface area contributed by atoms with Gasteiger partial charge in [-0.15, -0.1) is 0 Å². The molecule has 3 rings (SSSR count). The third-order valence-electron chi connectivity index (χ3n) is 3.11. The summed E-state index contributed by atoms with van der Waals surface area (Å²) in [5.41, 5.74) is 3.94. The van der Waals surface area contributed by atoms with E-state index in [0.717, 1.165) is 35.0 Å². The molecule has 0 radical (unpaired) electrons. The van der Waals surface area contributed by atoms with E-state index in [1.54, 1.807) is 0 Å². The predicted octanol–water partition coefficient (Wildman–Crippen LogP) is 3.00. The lowest BCUT2D eigenvalue weighted by Gasteiger charge is -2.05. The minimum atomic E-state index is 0.584. The van der Waals surface area contributed by atoms with E-state index in [-0.39, 0.29) is 0 Å². The summed E-state index contributed by atoms with van der Waals surface area (Å²) in [6, 6.07) is 10.2. The second-order valence-electron chi connectivity index (χ2n) is 4.13. The van der Waals surface area contributed by atoms with Crippen molar-refractivity contribution in [3.8, 4) is 11.8 Å². The highest BCUT2D eigenvalue weighted by atomic mass is 79.9. The number of aromatic nitrogens is 2. The minimum absolute atomic E-state index is 0.584. The van der Waals surface area contributed by atoms with Gasteiger partial charge in [-0.25, -0.2) is 4.68 Å². The van der Waals surface area contributed by atoms with Gasteiger partial charge in [0.2, 0.25) is 0 Å². The highest BCUT2D eigenvalue weighted by Crippen LogP contribution is 2.27. The van der Waals surface area contributed by atoms with Gasteiger partial charge in [0.1, 0.15) is 6.07 Å². The number of benzene rings is 1. The Morgan fingerprint density at radius 3 is 2.71 bits per heavy atom. The van der Waals surface area contributed by atoms with Gasteiger partial charge in [0.25, 0.3) is 0 Å². The molecular formula is C13H10BrN3. The number of nitrogens with zero attached hydrogens (tertiary/aromatic N) is 3. The Morgan fingerprint density at radius 1 is 1.24 bits per heavy atom. The topological polar surface area (TPSA) is 41.6 Å². The van der Waals surface area contributed by atoms with Gasteiger partial charge in [-0.2, -0.15) is 10.4 Å². The molecule has 0 unspecified atom stereocenters. The van der Waals surface area contributed by atoms with Gasteiger partial charge >= 0.3 is 0 Å². The second kappa shape index (κ2) is 4.01. The smallest absolute Gasteiger partial charge is 0.166 e. The van der Waals surface area contributed by atoms with E-state index >= 15 is 0 Å². The third-order valence-corrected chi connectivity index (χ3v) is 3.64. The van der Waals surface area contributed by atoms with Crippen LogP contribution in [0.2, 0.25) is 0 Å². The Morgan fingerprint density at radius 2 is 2.00 bits per heavy atom. The number of hydrogen-bond donors (Lipinski definition) is 0. The van der Waals surface area contributed by atoms with Crippen LogP contribution < -0.4 is 0 Å². The fourth-order valence-corrected chi connectivity index (χ4v) is 2.59. The van der Waals surface area contributed by atoms with Crippen LogP contribution in [0.1, 0.15) is 23.4 Å². The van der Waals surface area contributed by atoms with Gasteiger partial charge in [0.15, 0.2) is 5.69 Å². The molecule has 1 aliphatic carbocycles. The first-order valence-corrected chi connectivity index (χ1v) is 6.35. The lowest BCUT2D eigenvalue weighted by Crippen LogP contribution is -2.00. The molecule has 2 aromatic rings. The lowest BCUT2D eigenvalue weighted by molar-refractivity contribution is 0.780. The van der Waals surface area contributed by atoms with Gasteiger partial charge in [-0.05, 0) is 43.5 Å². The van der Waals surface area contributed by atoms with Crippen LogP contribution in [0.5, 0.6) is 0 Å². The van der Waals surface area contributed by atoms with Crippen molar-refractivity contribution in [2.75, 3.05) is 0 Å². The van der Waals surface area contributed by atoms with Crippen LogP contribution in [-0.2, 0) is 12.8 Å². The third kappa shape index (κ3) is 1.67. The fraction of sp³-hybridized carbons (Fsp3) is 0.231. The highest BCUT2D eigenvalue weighted by Gasteiger charge is 2.22. The summed E-state index contributed by atoms with van der Waals surface area (Å²) in [6.07, 6.45) is 3.12. The van der Waals surface area contributed by atoms with Crippen molar-refractivity contribution >= 4 is 15.9 Å². The summed E-state index contributed by atoms with van der Waals surface area (Å²) in [5.74, 6) is 0. The van der Waals surface area contributed by atoms with Crippen LogP contribution in [0.4, 0.5) is 0 Å². The molecule has 17 heavy (non-hydrogen) atoms. The first kappa shape index (κ1) is 10.5. The normalized spacial score (nSPS) is 13.4. The Bertz CT molecular complexity index is 605. The zero-order chi connectivity index (χ0) is 11.8. The summed E-state index contributed by atoms with van der Waals surface area (Å²) in [5, 5.41) is 13.5. The summed E-state index contributed by atoms with van der Waals surface area (Å²) in [4.78, 5) is 0. The lowest BCUT2D eigenvalue weighted by atomic mass is 10.2. The van der Waals surface area contributed by atoms with Crippen LogP contribution in [0.15, 0.2) is 28.7 Å². The SMILES string of the molecule is N#Cc1nn(-c2ccc(Br)cc2)c2c1CCC2. The van der Waals surface area contributed by atoms with Gasteiger partial charge in [-0.3, -0.25) is 0 Å². The Labute approximate surface area is 108 Å². The van der Waals surface area contributed by atoms with Gasteiger partial charge in [0.05, 0.1) is 5.69 Å². The van der Waals surface area contributed by atoms with E-state index < -0.39 is 0 Å². The van der Waals surface area contributed by atoms with Crippen molar-refractivity contribution in [2.45, 2.75) is 19.3 Å². The van der Waals surface area contributed by atoms with Crippen molar-refractivity contribution in [1.29, 1.82) is 5.26 Å². The molecule has 4 heteroatoms. The van der Waals surface area contributed by atoms with E-state index in [2.05, 4.69) is 27.1 Å². The predicted molar refractivity (Wildman–Crippen MR) is 68.0 cm³/mol. The summed E-state index contributed by atoms with van der Waals surface area (Å²) in [6.45, 7) is 0. The summed E-state index contributed by atoms with van der Waals surface area (Å²) >= 11 is 3.42. The number of fused-ring (bicyclic) bond motifs is 1. The van der Waals surface area contributed by atoms with E-state index in [9.17, 15) is 0 Å². The highest BCUT2D eigenvalue weighted by molar-refractivity contribution is 9.10. The van der Waals surface area contributed by atoms with Crippen LogP contribution in [0.25, 0.3) is 5.69 Å². The fourth-order valence-electron chi connectivity index (χ4n) is 2.32. The maximum absolute atomic E-state index is 9.07. The molecule has 3 nitrogen and oxygen atoms in total. The Hall–Kier alpha value is -1.60. The molecule has 0 amide bonds. The van der Waals surface area contributed by atoms with Gasteiger partial charge in [0, 0.05) is 15.7 Å². The molecule has 0 N–H and O–H groups in total. The quantitative estimate of drug-likeness (QED) is 0.809. The molecular weight excluding hydrogens is 278 g/mol. The molecule has 0 fully saturated rings. The molecule has 1 aromatic carbocycles. The zero-order valence-corrected chi connectivity index (χ0v) is 10.7. The van der Waals surface area contributed by atoms with Crippen LogP contribution in [0, 0.1) is 11.3 Å². The molecule has 0 bridgehead atoms. The first-order valence-electron chi connectivity index (χ1n) is 5.56. The van der Waals surface area contributed by atoms with E-state index in [1.807, 2.05) is 28.9 Å². The number of nitriles is 1. The van der Waals surface area contributed by atoms with E-state index in [1.165, 1.54) is 5.69 Å². The number of rotatable bonds is 1.